The van der Waals surface area contributed by atoms with Gasteiger partial charge in [0.15, 0.2) is 0 Å². The molecule has 2 aromatic carbocycles. The zero-order valence-corrected chi connectivity index (χ0v) is 19.1. The van der Waals surface area contributed by atoms with Gasteiger partial charge in [0.2, 0.25) is 0 Å². The topological polar surface area (TPSA) is 59.5 Å². The van der Waals surface area contributed by atoms with Crippen LogP contribution in [0.1, 0.15) is 56.2 Å². The Morgan fingerprint density at radius 3 is 2.81 bits per heavy atom. The third kappa shape index (κ3) is 3.26. The van der Waals surface area contributed by atoms with Crippen molar-refractivity contribution in [2.45, 2.75) is 49.8 Å². The molecule has 1 aromatic heterocycles. The van der Waals surface area contributed by atoms with Crippen LogP contribution in [0.2, 0.25) is 0 Å². The molecule has 0 saturated heterocycles. The van der Waals surface area contributed by atoms with Crippen molar-refractivity contribution in [1.82, 2.24) is 0 Å². The molecule has 1 atom stereocenters. The van der Waals surface area contributed by atoms with Crippen molar-refractivity contribution in [2.75, 3.05) is 23.7 Å². The molecular weight excluding hydrogens is 404 g/mol. The van der Waals surface area contributed by atoms with Crippen molar-refractivity contribution >= 4 is 39.0 Å². The van der Waals surface area contributed by atoms with Gasteiger partial charge in [-0.2, -0.15) is 0 Å². The van der Waals surface area contributed by atoms with Gasteiger partial charge in [-0.25, -0.2) is 4.79 Å². The van der Waals surface area contributed by atoms with Crippen molar-refractivity contribution in [1.29, 1.82) is 0 Å². The third-order valence-electron chi connectivity index (χ3n) is 6.84. The molecular formula is C26H28N2O2S. The predicted molar refractivity (Wildman–Crippen MR) is 131 cm³/mol. The van der Waals surface area contributed by atoms with E-state index < -0.39 is 0 Å². The first-order valence-electron chi connectivity index (χ1n) is 10.9. The maximum atomic E-state index is 13.1. The lowest BCUT2D eigenvalue weighted by Gasteiger charge is -2.45. The second-order valence-electron chi connectivity index (χ2n) is 9.43. The van der Waals surface area contributed by atoms with Gasteiger partial charge in [0, 0.05) is 45.2 Å². The molecule has 0 unspecified atom stereocenters. The average molecular weight is 433 g/mol. The SMILES string of the molecule is C=C(Sc1ccccc1N)c1cc2cc3c4c(c2oc1=O)C(C)(C)CCN4CC[C@H]3C. The molecule has 0 spiro atoms. The van der Waals surface area contributed by atoms with Gasteiger partial charge in [0.25, 0.3) is 0 Å². The van der Waals surface area contributed by atoms with Crippen molar-refractivity contribution < 1.29 is 4.42 Å². The van der Waals surface area contributed by atoms with E-state index in [-0.39, 0.29) is 11.0 Å². The molecule has 2 N–H and O–H groups in total. The summed E-state index contributed by atoms with van der Waals surface area (Å²) in [4.78, 5) is 17.1. The zero-order valence-electron chi connectivity index (χ0n) is 18.3. The summed E-state index contributed by atoms with van der Waals surface area (Å²) in [6, 6.07) is 11.8. The van der Waals surface area contributed by atoms with Crippen LogP contribution in [0.3, 0.4) is 0 Å². The van der Waals surface area contributed by atoms with Crippen molar-refractivity contribution in [3.05, 3.63) is 70.1 Å². The number of nitrogen functional groups attached to an aromatic ring is 1. The summed E-state index contributed by atoms with van der Waals surface area (Å²) < 4.78 is 6.04. The number of nitrogens with zero attached hydrogens (tertiary/aromatic N) is 1. The summed E-state index contributed by atoms with van der Waals surface area (Å²) in [7, 11) is 0. The van der Waals surface area contributed by atoms with Crippen molar-refractivity contribution in [2.24, 2.45) is 0 Å². The highest BCUT2D eigenvalue weighted by molar-refractivity contribution is 8.08. The number of anilines is 2. The molecule has 3 aromatic rings. The highest BCUT2D eigenvalue weighted by Crippen LogP contribution is 2.50. The number of fused-ring (bicyclic) bond motifs is 2. The Balaban J connectivity index is 1.69. The number of thioether (sulfide) groups is 1. The van der Waals surface area contributed by atoms with E-state index in [1.807, 2.05) is 30.3 Å². The monoisotopic (exact) mass is 432 g/mol. The molecule has 0 saturated carbocycles. The van der Waals surface area contributed by atoms with Gasteiger partial charge in [-0.15, -0.1) is 0 Å². The number of nitrogens with two attached hydrogens (primary N) is 1. The first kappa shape index (κ1) is 20.3. The normalized spacial score (nSPS) is 19.3. The molecule has 31 heavy (non-hydrogen) atoms. The van der Waals surface area contributed by atoms with Gasteiger partial charge in [-0.05, 0) is 54.0 Å². The predicted octanol–water partition coefficient (Wildman–Crippen LogP) is 6.13. The van der Waals surface area contributed by atoms with Gasteiger partial charge in [0.1, 0.15) is 5.58 Å². The lowest BCUT2D eigenvalue weighted by molar-refractivity contribution is 0.431. The second kappa shape index (κ2) is 7.20. The maximum absolute atomic E-state index is 13.1. The van der Waals surface area contributed by atoms with Crippen LogP contribution in [0.5, 0.6) is 0 Å². The number of hydrogen-bond acceptors (Lipinski definition) is 5. The van der Waals surface area contributed by atoms with E-state index in [0.717, 1.165) is 41.8 Å². The van der Waals surface area contributed by atoms with Crippen molar-refractivity contribution in [3.63, 3.8) is 0 Å². The van der Waals surface area contributed by atoms with E-state index in [1.54, 1.807) is 0 Å². The van der Waals surface area contributed by atoms with E-state index in [4.69, 9.17) is 10.2 Å². The summed E-state index contributed by atoms with van der Waals surface area (Å²) >= 11 is 1.41. The second-order valence-corrected chi connectivity index (χ2v) is 10.6. The van der Waals surface area contributed by atoms with E-state index in [2.05, 4.69) is 38.3 Å². The van der Waals surface area contributed by atoms with E-state index >= 15 is 0 Å². The van der Waals surface area contributed by atoms with Gasteiger partial charge in [-0.3, -0.25) is 0 Å². The molecule has 0 amide bonds. The Bertz CT molecular complexity index is 1270. The van der Waals surface area contributed by atoms with Gasteiger partial charge >= 0.3 is 5.63 Å². The van der Waals surface area contributed by atoms with Gasteiger partial charge < -0.3 is 15.1 Å². The lowest BCUT2D eigenvalue weighted by Crippen LogP contribution is -2.41. The third-order valence-corrected chi connectivity index (χ3v) is 7.90. The highest BCUT2D eigenvalue weighted by atomic mass is 32.2. The summed E-state index contributed by atoms with van der Waals surface area (Å²) in [6.07, 6.45) is 2.20. The van der Waals surface area contributed by atoms with E-state index in [1.165, 1.54) is 28.6 Å². The number of benzene rings is 2. The molecule has 2 aliphatic heterocycles. The van der Waals surface area contributed by atoms with Crippen LogP contribution in [0.15, 0.2) is 57.1 Å². The number of rotatable bonds is 3. The molecule has 5 rings (SSSR count). The minimum atomic E-state index is -0.340. The zero-order chi connectivity index (χ0) is 21.9. The van der Waals surface area contributed by atoms with Crippen LogP contribution in [-0.2, 0) is 5.41 Å². The summed E-state index contributed by atoms with van der Waals surface area (Å²) in [5, 5.41) is 0.981. The van der Waals surface area contributed by atoms with Crippen LogP contribution in [-0.4, -0.2) is 13.1 Å². The van der Waals surface area contributed by atoms with Crippen LogP contribution in [0, 0.1) is 0 Å². The molecule has 0 fully saturated rings. The fourth-order valence-electron chi connectivity index (χ4n) is 4.96. The lowest BCUT2D eigenvalue weighted by atomic mass is 9.73. The Labute approximate surface area is 187 Å². The smallest absolute Gasteiger partial charge is 0.344 e. The van der Waals surface area contributed by atoms with Crippen LogP contribution in [0.25, 0.3) is 15.9 Å². The highest BCUT2D eigenvalue weighted by Gasteiger charge is 2.38. The molecule has 2 aliphatic rings. The molecule has 4 nitrogen and oxygen atoms in total. The van der Waals surface area contributed by atoms with Crippen molar-refractivity contribution in [3.8, 4) is 0 Å². The number of para-hydroxylation sites is 1. The minimum Gasteiger partial charge on any atom is -0.422 e. The van der Waals surface area contributed by atoms with Gasteiger partial charge in [0.05, 0.1) is 5.56 Å². The summed E-state index contributed by atoms with van der Waals surface area (Å²) in [6.45, 7) is 13.1. The summed E-state index contributed by atoms with van der Waals surface area (Å²) in [5.74, 6) is 0.486. The fraction of sp³-hybridized carbons (Fsp3) is 0.346. The molecule has 0 radical (unpaired) electrons. The van der Waals surface area contributed by atoms with Crippen LogP contribution in [0.4, 0.5) is 11.4 Å². The molecule has 0 aliphatic carbocycles. The van der Waals surface area contributed by atoms with Crippen LogP contribution >= 0.6 is 11.8 Å². The fourth-order valence-corrected chi connectivity index (χ4v) is 5.81. The molecule has 0 bridgehead atoms. The Morgan fingerprint density at radius 1 is 1.26 bits per heavy atom. The molecule has 5 heteroatoms. The first-order valence-corrected chi connectivity index (χ1v) is 11.7. The molecule has 3 heterocycles. The quantitative estimate of drug-likeness (QED) is 0.306. The Kier molecular flexibility index (Phi) is 4.70. The maximum Gasteiger partial charge on any atom is 0.344 e. The Hall–Kier alpha value is -2.66. The molecule has 160 valence electrons. The first-order chi connectivity index (χ1) is 14.8. The van der Waals surface area contributed by atoms with E-state index in [9.17, 15) is 4.79 Å². The minimum absolute atomic E-state index is 0.0428. The Morgan fingerprint density at radius 2 is 2.03 bits per heavy atom. The largest absolute Gasteiger partial charge is 0.422 e. The number of hydrogen-bond donors (Lipinski definition) is 1. The average Bonchev–Trinajstić information content (AvgIpc) is 2.73. The van der Waals surface area contributed by atoms with E-state index in [0.29, 0.717) is 22.1 Å². The van der Waals surface area contributed by atoms with Crippen LogP contribution < -0.4 is 16.3 Å². The van der Waals surface area contributed by atoms with Gasteiger partial charge in [-0.1, -0.05) is 51.2 Å². The summed E-state index contributed by atoms with van der Waals surface area (Å²) in [5.41, 5.74) is 11.5. The standard InChI is InChI=1S/C26H28N2O2S/c1-15-9-11-28-12-10-26(3,4)22-23(28)18(15)13-17-14-19(25(29)30-24(17)22)16(2)31-21-8-6-5-7-20(21)27/h5-8,13-15H,2,9-12,27H2,1,3-4H3/t15-/m1/s1.